The van der Waals surface area contributed by atoms with Crippen LogP contribution in [-0.2, 0) is 4.74 Å². The molecule has 1 aromatic carbocycles. The summed E-state index contributed by atoms with van der Waals surface area (Å²) in [5.41, 5.74) is 2.75. The third-order valence-corrected chi connectivity index (χ3v) is 6.53. The molecule has 2 heterocycles. The normalized spacial score (nSPS) is 22.6. The summed E-state index contributed by atoms with van der Waals surface area (Å²) >= 11 is 0. The molecule has 4 rings (SSSR count). The van der Waals surface area contributed by atoms with Crippen molar-refractivity contribution in [2.24, 2.45) is 0 Å². The summed E-state index contributed by atoms with van der Waals surface area (Å²) in [5.74, 6) is 0.884. The van der Waals surface area contributed by atoms with Gasteiger partial charge in [-0.25, -0.2) is 9.97 Å². The molecular formula is C24H35N7O. The van der Waals surface area contributed by atoms with E-state index < -0.39 is 0 Å². The fourth-order valence-corrected chi connectivity index (χ4v) is 4.51. The number of anilines is 1. The SMILES string of the molecule is CNC1CCC(Nc2ncnc3ccc(/C(C=N)=C/NCCN4CCOCC4)cc23)CC1. The van der Waals surface area contributed by atoms with Crippen LogP contribution in [0.25, 0.3) is 16.5 Å². The topological polar surface area (TPSA) is 98.2 Å². The first-order chi connectivity index (χ1) is 15.8. The standard InChI is InChI=1S/C24H35N7O/c1-26-20-3-5-21(6-4-20)30-24-22-14-18(2-7-23(22)28-17-29-24)19(15-25)16-27-8-9-31-10-12-32-13-11-31/h2,7,14-17,20-21,25-27H,3-6,8-13H2,1H3,(H,28,29,30)/b19-16+,25-15?. The van der Waals surface area contributed by atoms with Gasteiger partial charge in [0, 0.05) is 61.6 Å². The Labute approximate surface area is 190 Å². The van der Waals surface area contributed by atoms with Crippen LogP contribution in [0.4, 0.5) is 5.82 Å². The van der Waals surface area contributed by atoms with Crippen LogP contribution in [0.1, 0.15) is 31.2 Å². The number of benzene rings is 1. The Hall–Kier alpha value is -2.55. The number of hydrogen-bond donors (Lipinski definition) is 4. The Kier molecular flexibility index (Phi) is 8.03. The third-order valence-electron chi connectivity index (χ3n) is 6.53. The molecular weight excluding hydrogens is 402 g/mol. The molecule has 1 saturated carbocycles. The third kappa shape index (κ3) is 5.82. The Morgan fingerprint density at radius 1 is 1.16 bits per heavy atom. The van der Waals surface area contributed by atoms with E-state index in [4.69, 9.17) is 10.1 Å². The summed E-state index contributed by atoms with van der Waals surface area (Å²) in [6, 6.07) is 7.19. The molecule has 1 aromatic heterocycles. The minimum atomic E-state index is 0.431. The van der Waals surface area contributed by atoms with Crippen molar-refractivity contribution >= 4 is 28.5 Å². The van der Waals surface area contributed by atoms with Gasteiger partial charge in [0.2, 0.25) is 0 Å². The Balaban J connectivity index is 1.43. The molecule has 4 N–H and O–H groups in total. The van der Waals surface area contributed by atoms with Crippen LogP contribution in [0.15, 0.2) is 30.7 Å². The molecule has 0 bridgehead atoms. The van der Waals surface area contributed by atoms with Crippen LogP contribution in [0.5, 0.6) is 0 Å². The number of aromatic nitrogens is 2. The molecule has 172 valence electrons. The van der Waals surface area contributed by atoms with Crippen LogP contribution >= 0.6 is 0 Å². The van der Waals surface area contributed by atoms with Gasteiger partial charge in [-0.2, -0.15) is 0 Å². The first-order valence-corrected chi connectivity index (χ1v) is 11.7. The van der Waals surface area contributed by atoms with Gasteiger partial charge >= 0.3 is 0 Å². The van der Waals surface area contributed by atoms with E-state index in [1.54, 1.807) is 6.33 Å². The zero-order chi connectivity index (χ0) is 22.2. The first-order valence-electron chi connectivity index (χ1n) is 11.7. The quantitative estimate of drug-likeness (QED) is 0.353. The van der Waals surface area contributed by atoms with Crippen molar-refractivity contribution in [3.8, 4) is 0 Å². The molecule has 32 heavy (non-hydrogen) atoms. The van der Waals surface area contributed by atoms with E-state index in [9.17, 15) is 0 Å². The number of allylic oxidation sites excluding steroid dienone is 1. The maximum atomic E-state index is 7.92. The Morgan fingerprint density at radius 3 is 2.69 bits per heavy atom. The van der Waals surface area contributed by atoms with Crippen molar-refractivity contribution in [1.29, 1.82) is 5.41 Å². The van der Waals surface area contributed by atoms with Crippen LogP contribution < -0.4 is 16.0 Å². The summed E-state index contributed by atoms with van der Waals surface area (Å²) in [6.45, 7) is 5.42. The summed E-state index contributed by atoms with van der Waals surface area (Å²) in [4.78, 5) is 11.4. The second-order valence-corrected chi connectivity index (χ2v) is 8.59. The van der Waals surface area contributed by atoms with Crippen molar-refractivity contribution in [3.05, 3.63) is 36.3 Å². The van der Waals surface area contributed by atoms with E-state index in [0.29, 0.717) is 12.1 Å². The van der Waals surface area contributed by atoms with E-state index in [1.165, 1.54) is 19.1 Å². The van der Waals surface area contributed by atoms with Gasteiger partial charge in [-0.05, 0) is 50.4 Å². The maximum absolute atomic E-state index is 7.92. The Morgan fingerprint density at radius 2 is 1.94 bits per heavy atom. The summed E-state index contributed by atoms with van der Waals surface area (Å²) < 4.78 is 5.40. The lowest BCUT2D eigenvalue weighted by Gasteiger charge is -2.29. The second-order valence-electron chi connectivity index (χ2n) is 8.59. The number of fused-ring (bicyclic) bond motifs is 1. The number of ether oxygens (including phenoxy) is 1. The molecule has 8 nitrogen and oxygen atoms in total. The number of morpholine rings is 1. The summed E-state index contributed by atoms with van der Waals surface area (Å²) in [5, 5.41) is 19.3. The average molecular weight is 438 g/mol. The zero-order valence-electron chi connectivity index (χ0n) is 18.9. The van der Waals surface area contributed by atoms with Crippen molar-refractivity contribution in [2.45, 2.75) is 37.8 Å². The van der Waals surface area contributed by atoms with Gasteiger partial charge in [-0.3, -0.25) is 4.90 Å². The van der Waals surface area contributed by atoms with E-state index in [0.717, 1.165) is 80.1 Å². The molecule has 0 unspecified atom stereocenters. The lowest BCUT2D eigenvalue weighted by molar-refractivity contribution is 0.0388. The van der Waals surface area contributed by atoms with E-state index in [1.807, 2.05) is 25.4 Å². The van der Waals surface area contributed by atoms with E-state index >= 15 is 0 Å². The zero-order valence-corrected chi connectivity index (χ0v) is 18.9. The highest BCUT2D eigenvalue weighted by molar-refractivity contribution is 6.09. The van der Waals surface area contributed by atoms with E-state index in [2.05, 4.69) is 36.9 Å². The molecule has 2 fully saturated rings. The first kappa shape index (κ1) is 22.6. The number of nitrogens with one attached hydrogen (secondary N) is 4. The van der Waals surface area contributed by atoms with Gasteiger partial charge in [0.25, 0.3) is 0 Å². The largest absolute Gasteiger partial charge is 0.389 e. The molecule has 2 aliphatic rings. The van der Waals surface area contributed by atoms with Crippen LogP contribution in [0, 0.1) is 5.41 Å². The highest BCUT2D eigenvalue weighted by atomic mass is 16.5. The number of rotatable bonds is 9. The van der Waals surface area contributed by atoms with Gasteiger partial charge < -0.3 is 26.1 Å². The van der Waals surface area contributed by atoms with Gasteiger partial charge in [0.05, 0.1) is 18.7 Å². The summed E-state index contributed by atoms with van der Waals surface area (Å²) in [6.07, 6.45) is 9.59. The molecule has 0 spiro atoms. The molecule has 0 amide bonds. The Bertz CT molecular complexity index is 918. The minimum absolute atomic E-state index is 0.431. The van der Waals surface area contributed by atoms with Crippen LogP contribution in [0.3, 0.4) is 0 Å². The predicted molar refractivity (Wildman–Crippen MR) is 130 cm³/mol. The molecule has 1 aliphatic heterocycles. The maximum Gasteiger partial charge on any atom is 0.137 e. The van der Waals surface area contributed by atoms with Crippen molar-refractivity contribution < 1.29 is 4.74 Å². The average Bonchev–Trinajstić information content (AvgIpc) is 2.85. The highest BCUT2D eigenvalue weighted by Gasteiger charge is 2.21. The lowest BCUT2D eigenvalue weighted by atomic mass is 9.91. The van der Waals surface area contributed by atoms with E-state index in [-0.39, 0.29) is 0 Å². The fraction of sp³-hybridized carbons (Fsp3) is 0.542. The van der Waals surface area contributed by atoms with Crippen molar-refractivity contribution in [2.75, 3.05) is 51.8 Å². The molecule has 1 aliphatic carbocycles. The minimum Gasteiger partial charge on any atom is -0.389 e. The fourth-order valence-electron chi connectivity index (χ4n) is 4.51. The number of nitrogens with zero attached hydrogens (tertiary/aromatic N) is 3. The molecule has 0 atom stereocenters. The van der Waals surface area contributed by atoms with Gasteiger partial charge in [-0.15, -0.1) is 0 Å². The van der Waals surface area contributed by atoms with Crippen molar-refractivity contribution in [1.82, 2.24) is 25.5 Å². The lowest BCUT2D eigenvalue weighted by Crippen LogP contribution is -2.39. The number of hydrogen-bond acceptors (Lipinski definition) is 8. The monoisotopic (exact) mass is 437 g/mol. The molecule has 1 saturated heterocycles. The predicted octanol–water partition coefficient (Wildman–Crippen LogP) is 2.48. The molecule has 8 heteroatoms. The van der Waals surface area contributed by atoms with Crippen molar-refractivity contribution in [3.63, 3.8) is 0 Å². The summed E-state index contributed by atoms with van der Waals surface area (Å²) in [7, 11) is 2.05. The smallest absolute Gasteiger partial charge is 0.137 e. The van der Waals surface area contributed by atoms with Gasteiger partial charge in [0.15, 0.2) is 0 Å². The second kappa shape index (κ2) is 11.4. The van der Waals surface area contributed by atoms with Crippen LogP contribution in [-0.4, -0.2) is 79.6 Å². The molecule has 0 radical (unpaired) electrons. The highest BCUT2D eigenvalue weighted by Crippen LogP contribution is 2.27. The van der Waals surface area contributed by atoms with Gasteiger partial charge in [-0.1, -0.05) is 6.07 Å². The molecule has 2 aromatic rings. The van der Waals surface area contributed by atoms with Crippen LogP contribution in [0.2, 0.25) is 0 Å². The van der Waals surface area contributed by atoms with Gasteiger partial charge in [0.1, 0.15) is 12.1 Å².